The van der Waals surface area contributed by atoms with Crippen molar-refractivity contribution in [3.63, 3.8) is 0 Å². The minimum atomic E-state index is 0.573. The van der Waals surface area contributed by atoms with Gasteiger partial charge in [0.1, 0.15) is 0 Å². The molecule has 0 amide bonds. The number of methoxy groups -OCH3 is 1. The van der Waals surface area contributed by atoms with E-state index >= 15 is 0 Å². The fourth-order valence-electron chi connectivity index (χ4n) is 0.737. The van der Waals surface area contributed by atoms with Crippen LogP contribution in [0.1, 0.15) is 13.3 Å². The van der Waals surface area contributed by atoms with Crippen molar-refractivity contribution >= 4 is 6.21 Å². The fraction of sp³-hybridized carbons (Fsp3) is 0.571. The molecule has 1 atom stereocenters. The zero-order valence-electron chi connectivity index (χ0n) is 5.79. The lowest BCUT2D eigenvalue weighted by atomic mass is 10.1. The Morgan fingerprint density at radius 3 is 3.00 bits per heavy atom. The summed E-state index contributed by atoms with van der Waals surface area (Å²) < 4.78 is 4.90. The van der Waals surface area contributed by atoms with Crippen LogP contribution in [0.2, 0.25) is 0 Å². The first-order valence-corrected chi connectivity index (χ1v) is 3.11. The zero-order valence-corrected chi connectivity index (χ0v) is 5.79. The Hall–Kier alpha value is -0.790. The predicted octanol–water partition coefficient (Wildman–Crippen LogP) is 1.58. The Bertz CT molecular complexity index is 149. The van der Waals surface area contributed by atoms with E-state index in [4.69, 9.17) is 4.74 Å². The molecule has 0 saturated carbocycles. The molecular weight excluding hydrogens is 114 g/mol. The summed E-state index contributed by atoms with van der Waals surface area (Å²) in [5, 5.41) is 0. The van der Waals surface area contributed by atoms with Crippen LogP contribution in [0.3, 0.4) is 0 Å². The molecule has 0 aromatic heterocycles. The molecule has 0 spiro atoms. The number of hydrogen-bond acceptors (Lipinski definition) is 2. The van der Waals surface area contributed by atoms with Gasteiger partial charge in [0.15, 0.2) is 0 Å². The number of aliphatic imine (C=N–C) groups is 1. The lowest BCUT2D eigenvalue weighted by molar-refractivity contribution is 0.284. The average Bonchev–Trinajstić information content (AvgIpc) is 1.90. The van der Waals surface area contributed by atoms with E-state index in [1.54, 1.807) is 7.11 Å². The highest BCUT2D eigenvalue weighted by atomic mass is 16.5. The van der Waals surface area contributed by atoms with E-state index in [1.165, 1.54) is 0 Å². The van der Waals surface area contributed by atoms with Crippen LogP contribution in [0.5, 0.6) is 0 Å². The highest BCUT2D eigenvalue weighted by Crippen LogP contribution is 2.10. The largest absolute Gasteiger partial charge is 0.481 e. The van der Waals surface area contributed by atoms with Gasteiger partial charge in [0, 0.05) is 6.21 Å². The summed E-state index contributed by atoms with van der Waals surface area (Å²) in [6, 6.07) is 0. The topological polar surface area (TPSA) is 21.6 Å². The smallest absolute Gasteiger partial charge is 0.208 e. The van der Waals surface area contributed by atoms with E-state index in [0.717, 1.165) is 12.3 Å². The summed E-state index contributed by atoms with van der Waals surface area (Å²) in [6.07, 6.45) is 4.97. The van der Waals surface area contributed by atoms with E-state index in [1.807, 2.05) is 12.3 Å². The number of rotatable bonds is 1. The molecule has 0 N–H and O–H groups in total. The van der Waals surface area contributed by atoms with Crippen molar-refractivity contribution in [3.8, 4) is 0 Å². The van der Waals surface area contributed by atoms with Gasteiger partial charge >= 0.3 is 0 Å². The van der Waals surface area contributed by atoms with Gasteiger partial charge < -0.3 is 4.74 Å². The van der Waals surface area contributed by atoms with Crippen molar-refractivity contribution in [3.05, 3.63) is 12.0 Å². The van der Waals surface area contributed by atoms with Gasteiger partial charge in [-0.25, -0.2) is 4.99 Å². The standard InChI is InChI=1S/C7H11NO/c1-6-3-4-7(9-2)8-5-6/h4-6H,3H2,1-2H3. The Balaban J connectivity index is 2.52. The molecule has 0 aromatic carbocycles. The fourth-order valence-corrected chi connectivity index (χ4v) is 0.737. The lowest BCUT2D eigenvalue weighted by Crippen LogP contribution is -2.00. The first-order chi connectivity index (χ1) is 4.33. The molecule has 0 bridgehead atoms. The predicted molar refractivity (Wildman–Crippen MR) is 37.4 cm³/mol. The Morgan fingerprint density at radius 1 is 1.78 bits per heavy atom. The molecule has 9 heavy (non-hydrogen) atoms. The van der Waals surface area contributed by atoms with E-state index in [2.05, 4.69) is 11.9 Å². The van der Waals surface area contributed by atoms with Crippen molar-refractivity contribution in [2.24, 2.45) is 10.9 Å². The second-order valence-corrected chi connectivity index (χ2v) is 2.24. The summed E-state index contributed by atoms with van der Waals surface area (Å²) >= 11 is 0. The maximum Gasteiger partial charge on any atom is 0.208 e. The van der Waals surface area contributed by atoms with Crippen LogP contribution in [0.15, 0.2) is 17.0 Å². The molecule has 2 heteroatoms. The summed E-state index contributed by atoms with van der Waals surface area (Å²) in [4.78, 5) is 4.04. The monoisotopic (exact) mass is 125 g/mol. The molecule has 1 rings (SSSR count). The van der Waals surface area contributed by atoms with Crippen LogP contribution in [0, 0.1) is 5.92 Å². The summed E-state index contributed by atoms with van der Waals surface area (Å²) in [6.45, 7) is 2.13. The maximum atomic E-state index is 4.90. The molecule has 1 aliphatic heterocycles. The van der Waals surface area contributed by atoms with E-state index in [0.29, 0.717) is 5.92 Å². The molecule has 1 aliphatic rings. The minimum Gasteiger partial charge on any atom is -0.481 e. The highest BCUT2D eigenvalue weighted by Gasteiger charge is 2.02. The second-order valence-electron chi connectivity index (χ2n) is 2.24. The Labute approximate surface area is 55.2 Å². The zero-order chi connectivity index (χ0) is 6.69. The Kier molecular flexibility index (Phi) is 1.88. The molecule has 0 saturated heterocycles. The van der Waals surface area contributed by atoms with Gasteiger partial charge in [-0.05, 0) is 18.4 Å². The van der Waals surface area contributed by atoms with E-state index in [9.17, 15) is 0 Å². The maximum absolute atomic E-state index is 4.90. The van der Waals surface area contributed by atoms with Gasteiger partial charge in [-0.1, -0.05) is 6.92 Å². The molecule has 0 aromatic rings. The van der Waals surface area contributed by atoms with E-state index < -0.39 is 0 Å². The van der Waals surface area contributed by atoms with Crippen LogP contribution in [-0.4, -0.2) is 13.3 Å². The molecule has 2 nitrogen and oxygen atoms in total. The summed E-state index contributed by atoms with van der Waals surface area (Å²) in [7, 11) is 1.64. The van der Waals surface area contributed by atoms with Crippen molar-refractivity contribution in [1.29, 1.82) is 0 Å². The third-order valence-electron chi connectivity index (χ3n) is 1.33. The SMILES string of the molecule is COC1=CCC(C)C=N1. The van der Waals surface area contributed by atoms with Gasteiger partial charge in [-0.3, -0.25) is 0 Å². The number of ether oxygens (including phenoxy) is 1. The highest BCUT2D eigenvalue weighted by molar-refractivity contribution is 5.63. The summed E-state index contributed by atoms with van der Waals surface area (Å²) in [5.74, 6) is 1.32. The molecule has 1 unspecified atom stereocenters. The number of nitrogens with zero attached hydrogens (tertiary/aromatic N) is 1. The van der Waals surface area contributed by atoms with Crippen molar-refractivity contribution in [2.75, 3.05) is 7.11 Å². The van der Waals surface area contributed by atoms with Crippen LogP contribution in [0.25, 0.3) is 0 Å². The molecule has 1 heterocycles. The molecule has 0 aliphatic carbocycles. The lowest BCUT2D eigenvalue weighted by Gasteiger charge is -2.08. The molecule has 0 fully saturated rings. The van der Waals surface area contributed by atoms with Gasteiger partial charge in [-0.15, -0.1) is 0 Å². The van der Waals surface area contributed by atoms with Gasteiger partial charge in [0.2, 0.25) is 5.88 Å². The minimum absolute atomic E-state index is 0.573. The normalized spacial score (nSPS) is 25.6. The first kappa shape index (κ1) is 6.33. The Morgan fingerprint density at radius 2 is 2.56 bits per heavy atom. The third-order valence-corrected chi connectivity index (χ3v) is 1.33. The van der Waals surface area contributed by atoms with Crippen molar-refractivity contribution in [2.45, 2.75) is 13.3 Å². The van der Waals surface area contributed by atoms with Crippen molar-refractivity contribution in [1.82, 2.24) is 0 Å². The second kappa shape index (κ2) is 2.67. The quantitative estimate of drug-likeness (QED) is 0.521. The van der Waals surface area contributed by atoms with Gasteiger partial charge in [-0.2, -0.15) is 0 Å². The van der Waals surface area contributed by atoms with Crippen LogP contribution >= 0.6 is 0 Å². The van der Waals surface area contributed by atoms with Crippen molar-refractivity contribution < 1.29 is 4.74 Å². The van der Waals surface area contributed by atoms with E-state index in [-0.39, 0.29) is 0 Å². The first-order valence-electron chi connectivity index (χ1n) is 3.11. The average molecular weight is 125 g/mol. The number of hydrogen-bond donors (Lipinski definition) is 0. The van der Waals surface area contributed by atoms with Gasteiger partial charge in [0.05, 0.1) is 7.11 Å². The van der Waals surface area contributed by atoms with Gasteiger partial charge in [0.25, 0.3) is 0 Å². The summed E-state index contributed by atoms with van der Waals surface area (Å²) in [5.41, 5.74) is 0. The van der Waals surface area contributed by atoms with Crippen LogP contribution < -0.4 is 0 Å². The number of allylic oxidation sites excluding steroid dienone is 1. The molecule has 50 valence electrons. The van der Waals surface area contributed by atoms with Crippen LogP contribution in [-0.2, 0) is 4.74 Å². The third kappa shape index (κ3) is 1.56. The van der Waals surface area contributed by atoms with Crippen LogP contribution in [0.4, 0.5) is 0 Å². The molecule has 0 radical (unpaired) electrons. The molecular formula is C7H11NO.